The van der Waals surface area contributed by atoms with Gasteiger partial charge in [-0.25, -0.2) is 13.1 Å². The molecular weight excluding hydrogens is 434 g/mol. The van der Waals surface area contributed by atoms with Crippen LogP contribution in [-0.4, -0.2) is 46.4 Å². The Morgan fingerprint density at radius 2 is 1.78 bits per heavy atom. The first kappa shape index (κ1) is 21.7. The van der Waals surface area contributed by atoms with Crippen molar-refractivity contribution >= 4 is 27.4 Å². The zero-order chi connectivity index (χ0) is 22.9. The van der Waals surface area contributed by atoms with Crippen LogP contribution in [0.4, 0.5) is 11.5 Å². The van der Waals surface area contributed by atoms with Gasteiger partial charge in [-0.15, -0.1) is 0 Å². The van der Waals surface area contributed by atoms with Gasteiger partial charge in [0.15, 0.2) is 0 Å². The summed E-state index contributed by atoms with van der Waals surface area (Å²) in [5.41, 5.74) is 1.30. The highest BCUT2D eigenvalue weighted by Gasteiger charge is 2.27. The van der Waals surface area contributed by atoms with Crippen molar-refractivity contribution in [2.75, 3.05) is 18.4 Å². The third-order valence-electron chi connectivity index (χ3n) is 5.18. The second kappa shape index (κ2) is 8.52. The number of anilines is 1. The quantitative estimate of drug-likeness (QED) is 0.449. The summed E-state index contributed by atoms with van der Waals surface area (Å²) in [6, 6.07) is 13.3. The minimum atomic E-state index is -3.64. The van der Waals surface area contributed by atoms with Crippen LogP contribution in [-0.2, 0) is 10.0 Å². The summed E-state index contributed by atoms with van der Waals surface area (Å²) in [4.78, 5) is 23.4. The number of nitro benzene ring substituents is 1. The zero-order valence-corrected chi connectivity index (χ0v) is 18.1. The van der Waals surface area contributed by atoms with Gasteiger partial charge in [-0.2, -0.15) is 9.40 Å². The molecule has 1 amide bonds. The smallest absolute Gasteiger partial charge is 0.269 e. The molecule has 0 bridgehead atoms. The number of aryl methyl sites for hydroxylation is 1. The third-order valence-corrected chi connectivity index (χ3v) is 7.07. The van der Waals surface area contributed by atoms with Gasteiger partial charge in [0.2, 0.25) is 10.0 Å². The molecule has 11 heteroatoms. The lowest BCUT2D eigenvalue weighted by atomic mass is 10.2. The number of nitro groups is 1. The molecule has 1 aliphatic heterocycles. The van der Waals surface area contributed by atoms with E-state index in [1.807, 2.05) is 0 Å². The van der Waals surface area contributed by atoms with Gasteiger partial charge in [0.05, 0.1) is 21.2 Å². The number of aromatic nitrogens is 2. The highest BCUT2D eigenvalue weighted by molar-refractivity contribution is 7.89. The number of hydrogen-bond donors (Lipinski definition) is 1. The molecule has 1 N–H and O–H groups in total. The lowest BCUT2D eigenvalue weighted by Crippen LogP contribution is -2.28. The summed E-state index contributed by atoms with van der Waals surface area (Å²) >= 11 is 0. The summed E-state index contributed by atoms with van der Waals surface area (Å²) in [6.45, 7) is 2.71. The number of non-ortho nitro benzene ring substituents is 1. The second-order valence-corrected chi connectivity index (χ2v) is 9.39. The summed E-state index contributed by atoms with van der Waals surface area (Å²) in [5.74, 6) is -0.138. The van der Waals surface area contributed by atoms with E-state index in [9.17, 15) is 23.3 Å². The molecule has 2 aromatic carbocycles. The molecule has 0 unspecified atom stereocenters. The molecule has 0 aliphatic carbocycles. The maximum absolute atomic E-state index is 12.9. The van der Waals surface area contributed by atoms with Crippen molar-refractivity contribution in [3.05, 3.63) is 76.0 Å². The number of carbonyl (C=O) groups is 1. The van der Waals surface area contributed by atoms with Crippen molar-refractivity contribution in [3.8, 4) is 5.69 Å². The Morgan fingerprint density at radius 3 is 2.44 bits per heavy atom. The average Bonchev–Trinajstić information content (AvgIpc) is 3.44. The van der Waals surface area contributed by atoms with Gasteiger partial charge in [0, 0.05) is 36.9 Å². The van der Waals surface area contributed by atoms with Gasteiger partial charge in [0.25, 0.3) is 11.6 Å². The van der Waals surface area contributed by atoms with Crippen molar-refractivity contribution in [2.24, 2.45) is 0 Å². The van der Waals surface area contributed by atoms with Crippen molar-refractivity contribution < 1.29 is 18.1 Å². The van der Waals surface area contributed by atoms with Gasteiger partial charge < -0.3 is 5.32 Å². The van der Waals surface area contributed by atoms with Crippen LogP contribution in [0.1, 0.15) is 28.9 Å². The Bertz CT molecular complexity index is 1280. The topological polar surface area (TPSA) is 127 Å². The molecule has 0 radical (unpaired) electrons. The highest BCUT2D eigenvalue weighted by atomic mass is 32.2. The number of nitrogens with one attached hydrogen (secondary N) is 1. The maximum atomic E-state index is 12.9. The van der Waals surface area contributed by atoms with Gasteiger partial charge in [-0.1, -0.05) is 6.07 Å². The zero-order valence-electron chi connectivity index (χ0n) is 17.3. The van der Waals surface area contributed by atoms with Crippen molar-refractivity contribution in [3.63, 3.8) is 0 Å². The fraction of sp³-hybridized carbons (Fsp3) is 0.238. The number of benzene rings is 2. The number of nitrogens with zero attached hydrogens (tertiary/aromatic N) is 4. The Hall–Kier alpha value is -3.57. The molecule has 0 atom stereocenters. The lowest BCUT2D eigenvalue weighted by Gasteiger charge is -2.16. The number of rotatable bonds is 6. The molecule has 3 aromatic rings. The fourth-order valence-corrected chi connectivity index (χ4v) is 5.13. The third kappa shape index (κ3) is 4.25. The van der Waals surface area contributed by atoms with Gasteiger partial charge in [-0.3, -0.25) is 14.9 Å². The minimum absolute atomic E-state index is 0.0563. The molecule has 1 fully saturated rings. The minimum Gasteiger partial charge on any atom is -0.306 e. The number of carbonyl (C=O) groups excluding carboxylic acids is 1. The molecule has 1 saturated heterocycles. The predicted molar refractivity (Wildman–Crippen MR) is 117 cm³/mol. The second-order valence-electron chi connectivity index (χ2n) is 7.45. The van der Waals surface area contributed by atoms with Crippen LogP contribution in [0.2, 0.25) is 0 Å². The Morgan fingerprint density at radius 1 is 1.09 bits per heavy atom. The molecule has 32 heavy (non-hydrogen) atoms. The molecule has 166 valence electrons. The van der Waals surface area contributed by atoms with Crippen molar-refractivity contribution in [1.82, 2.24) is 14.1 Å². The monoisotopic (exact) mass is 455 g/mol. The van der Waals surface area contributed by atoms with E-state index < -0.39 is 20.9 Å². The van der Waals surface area contributed by atoms with E-state index in [2.05, 4.69) is 10.4 Å². The molecular formula is C21H21N5O5S. The van der Waals surface area contributed by atoms with Crippen LogP contribution >= 0.6 is 0 Å². The first-order chi connectivity index (χ1) is 15.3. The number of sulfonamides is 1. The lowest BCUT2D eigenvalue weighted by molar-refractivity contribution is -0.384. The van der Waals surface area contributed by atoms with Crippen LogP contribution in [0.5, 0.6) is 0 Å². The first-order valence-electron chi connectivity index (χ1n) is 9.99. The van der Waals surface area contributed by atoms with Crippen LogP contribution in [0.25, 0.3) is 5.69 Å². The van der Waals surface area contributed by atoms with Crippen LogP contribution in [0.15, 0.2) is 59.5 Å². The van der Waals surface area contributed by atoms with Crippen LogP contribution in [0, 0.1) is 17.0 Å². The van der Waals surface area contributed by atoms with E-state index in [-0.39, 0.29) is 16.1 Å². The van der Waals surface area contributed by atoms with Gasteiger partial charge in [0.1, 0.15) is 5.82 Å². The van der Waals surface area contributed by atoms with Gasteiger partial charge >= 0.3 is 0 Å². The summed E-state index contributed by atoms with van der Waals surface area (Å²) < 4.78 is 28.5. The summed E-state index contributed by atoms with van der Waals surface area (Å²) in [6.07, 6.45) is 1.65. The van der Waals surface area contributed by atoms with Crippen molar-refractivity contribution in [2.45, 2.75) is 24.7 Å². The maximum Gasteiger partial charge on any atom is 0.269 e. The summed E-state index contributed by atoms with van der Waals surface area (Å²) in [5, 5.41) is 18.0. The molecule has 10 nitrogen and oxygen atoms in total. The van der Waals surface area contributed by atoms with E-state index in [1.54, 1.807) is 13.0 Å². The fourth-order valence-electron chi connectivity index (χ4n) is 3.56. The number of hydrogen-bond acceptors (Lipinski definition) is 6. The standard InChI is InChI=1S/C21H21N5O5S/c1-15-13-20(25(23-15)17-7-9-18(10-8-17)26(28)29)22-21(27)16-5-4-6-19(14-16)32(30,31)24-11-2-3-12-24/h4-10,13-14H,2-3,11-12H2,1H3,(H,22,27). The number of amides is 1. The Kier molecular flexibility index (Phi) is 5.76. The van der Waals surface area contributed by atoms with E-state index in [4.69, 9.17) is 0 Å². The summed E-state index contributed by atoms with van der Waals surface area (Å²) in [7, 11) is -3.64. The first-order valence-corrected chi connectivity index (χ1v) is 11.4. The van der Waals surface area contributed by atoms with E-state index in [0.717, 1.165) is 12.8 Å². The SMILES string of the molecule is Cc1cc(NC(=O)c2cccc(S(=O)(=O)N3CCCC3)c2)n(-c2ccc([N+](=O)[O-])cc2)n1. The molecule has 2 heterocycles. The van der Waals surface area contributed by atoms with Crippen LogP contribution < -0.4 is 5.32 Å². The molecule has 0 spiro atoms. The molecule has 1 aliphatic rings. The van der Waals surface area contributed by atoms with Crippen LogP contribution in [0.3, 0.4) is 0 Å². The molecule has 4 rings (SSSR count). The average molecular weight is 455 g/mol. The Labute approximate surface area is 184 Å². The van der Waals surface area contributed by atoms with E-state index >= 15 is 0 Å². The van der Waals surface area contributed by atoms with Gasteiger partial charge in [-0.05, 0) is 50.1 Å². The molecule has 0 saturated carbocycles. The van der Waals surface area contributed by atoms with E-state index in [1.165, 1.54) is 57.5 Å². The Balaban J connectivity index is 1.59. The largest absolute Gasteiger partial charge is 0.306 e. The van der Waals surface area contributed by atoms with Crippen molar-refractivity contribution in [1.29, 1.82) is 0 Å². The molecule has 1 aromatic heterocycles. The normalized spacial score (nSPS) is 14.4. The predicted octanol–water partition coefficient (Wildman–Crippen LogP) is 3.13. The highest BCUT2D eigenvalue weighted by Crippen LogP contribution is 2.23. The van der Waals surface area contributed by atoms with E-state index in [0.29, 0.717) is 30.3 Å².